The van der Waals surface area contributed by atoms with Crippen molar-refractivity contribution in [1.82, 2.24) is 0 Å². The zero-order valence-electron chi connectivity index (χ0n) is 27.7. The van der Waals surface area contributed by atoms with Crippen LogP contribution in [0.4, 0.5) is 0 Å². The van der Waals surface area contributed by atoms with Crippen LogP contribution in [-0.4, -0.2) is 45.5 Å². The van der Waals surface area contributed by atoms with Crippen LogP contribution in [-0.2, 0) is 24.2 Å². The minimum absolute atomic E-state index is 0.0178. The fourth-order valence-corrected chi connectivity index (χ4v) is 6.34. The molecular formula is C34H61O7PS. The molecule has 0 aliphatic carbocycles. The summed E-state index contributed by atoms with van der Waals surface area (Å²) in [7, 11) is -2.10. The van der Waals surface area contributed by atoms with Crippen molar-refractivity contribution in [2.75, 3.05) is 6.61 Å². The van der Waals surface area contributed by atoms with Crippen LogP contribution in [0.1, 0.15) is 143 Å². The maximum Gasteiger partial charge on any atom is 0.348 e. The molecule has 0 amide bonds. The van der Waals surface area contributed by atoms with Crippen molar-refractivity contribution in [1.29, 1.82) is 0 Å². The van der Waals surface area contributed by atoms with E-state index < -0.39 is 31.0 Å². The summed E-state index contributed by atoms with van der Waals surface area (Å²) in [5.74, 6) is -0.788. The SMILES string of the molecule is CCCCCCCCC(S)(CC(CCCCCCC)Oc1ccc(C(C)(C)C)cc1)OC([PH2]=O)(C(=O)O)C(O)OCCC. The van der Waals surface area contributed by atoms with Gasteiger partial charge in [-0.15, -0.1) is 12.6 Å². The Balaban J connectivity index is 3.32. The van der Waals surface area contributed by atoms with Crippen LogP contribution in [0, 0.1) is 0 Å². The summed E-state index contributed by atoms with van der Waals surface area (Å²) in [5, 5.41) is 18.6. The Morgan fingerprint density at radius 1 is 0.884 bits per heavy atom. The molecule has 0 saturated carbocycles. The van der Waals surface area contributed by atoms with E-state index in [1.54, 1.807) is 0 Å². The van der Waals surface area contributed by atoms with Gasteiger partial charge >= 0.3 is 5.97 Å². The molecule has 0 spiro atoms. The van der Waals surface area contributed by atoms with Crippen molar-refractivity contribution in [2.45, 2.75) is 166 Å². The lowest BCUT2D eigenvalue weighted by Crippen LogP contribution is -2.53. The van der Waals surface area contributed by atoms with E-state index in [9.17, 15) is 19.6 Å². The van der Waals surface area contributed by atoms with Crippen LogP contribution in [0.15, 0.2) is 24.3 Å². The van der Waals surface area contributed by atoms with Crippen molar-refractivity contribution < 1.29 is 33.8 Å². The highest BCUT2D eigenvalue weighted by Gasteiger charge is 2.52. The predicted octanol–water partition coefficient (Wildman–Crippen LogP) is 9.16. The Labute approximate surface area is 268 Å². The van der Waals surface area contributed by atoms with Gasteiger partial charge in [-0.25, -0.2) is 4.79 Å². The molecule has 5 atom stereocenters. The van der Waals surface area contributed by atoms with Crippen LogP contribution in [0.5, 0.6) is 5.75 Å². The predicted molar refractivity (Wildman–Crippen MR) is 181 cm³/mol. The highest BCUT2D eigenvalue weighted by molar-refractivity contribution is 7.81. The summed E-state index contributed by atoms with van der Waals surface area (Å²) in [6.07, 6.45) is 11.5. The lowest BCUT2D eigenvalue weighted by atomic mass is 9.87. The maximum absolute atomic E-state index is 12.6. The highest BCUT2D eigenvalue weighted by Crippen LogP contribution is 2.42. The smallest absolute Gasteiger partial charge is 0.348 e. The monoisotopic (exact) mass is 644 g/mol. The zero-order chi connectivity index (χ0) is 32.4. The number of ether oxygens (including phenoxy) is 3. The molecule has 0 fully saturated rings. The lowest BCUT2D eigenvalue weighted by molar-refractivity contribution is -0.228. The van der Waals surface area contributed by atoms with Gasteiger partial charge in [0.25, 0.3) is 5.34 Å². The largest absolute Gasteiger partial charge is 0.490 e. The quantitative estimate of drug-likeness (QED) is 0.0422. The van der Waals surface area contributed by atoms with Gasteiger partial charge in [-0.05, 0) is 55.2 Å². The van der Waals surface area contributed by atoms with Gasteiger partial charge in [0.05, 0.1) is 0 Å². The van der Waals surface area contributed by atoms with Crippen molar-refractivity contribution >= 4 is 27.1 Å². The molecule has 0 aliphatic heterocycles. The highest BCUT2D eigenvalue weighted by atomic mass is 32.1. The summed E-state index contributed by atoms with van der Waals surface area (Å²) in [4.78, 5) is 11.2. The average molecular weight is 645 g/mol. The number of unbranched alkanes of at least 4 members (excludes halogenated alkanes) is 9. The van der Waals surface area contributed by atoms with Gasteiger partial charge in [0.15, 0.2) is 0 Å². The fraction of sp³-hybridized carbons (Fsp3) is 0.794. The third kappa shape index (κ3) is 14.7. The van der Waals surface area contributed by atoms with Gasteiger partial charge in [0.2, 0.25) is 6.29 Å². The molecule has 1 aromatic rings. The molecule has 0 heterocycles. The number of rotatable bonds is 25. The number of carboxylic acid groups (broad SMARTS) is 1. The number of hydrogen-bond acceptors (Lipinski definition) is 7. The second-order valence-electron chi connectivity index (χ2n) is 12.9. The van der Waals surface area contributed by atoms with Crippen molar-refractivity contribution in [3.63, 3.8) is 0 Å². The number of aliphatic hydroxyl groups excluding tert-OH is 1. The van der Waals surface area contributed by atoms with Crippen molar-refractivity contribution in [2.24, 2.45) is 0 Å². The second kappa shape index (κ2) is 20.9. The second-order valence-corrected chi connectivity index (χ2v) is 14.8. The van der Waals surface area contributed by atoms with E-state index in [4.69, 9.17) is 26.8 Å². The molecule has 5 unspecified atom stereocenters. The summed E-state index contributed by atoms with van der Waals surface area (Å²) < 4.78 is 30.7. The van der Waals surface area contributed by atoms with Crippen LogP contribution in [0.25, 0.3) is 0 Å². The third-order valence-electron chi connectivity index (χ3n) is 7.84. The third-order valence-corrected chi connectivity index (χ3v) is 9.33. The maximum atomic E-state index is 12.6. The Bertz CT molecular complexity index is 907. The molecule has 0 aliphatic rings. The average Bonchev–Trinajstić information content (AvgIpc) is 2.96. The van der Waals surface area contributed by atoms with Gasteiger partial charge in [-0.2, -0.15) is 0 Å². The number of aliphatic carboxylic acids is 1. The van der Waals surface area contributed by atoms with Gasteiger partial charge in [0.1, 0.15) is 25.2 Å². The molecule has 9 heteroatoms. The van der Waals surface area contributed by atoms with Crippen LogP contribution in [0.3, 0.4) is 0 Å². The van der Waals surface area contributed by atoms with E-state index in [2.05, 4.69) is 46.8 Å². The Hall–Kier alpha value is -1.05. The normalized spacial score (nSPS) is 16.6. The molecule has 250 valence electrons. The van der Waals surface area contributed by atoms with Gasteiger partial charge in [0, 0.05) is 13.0 Å². The molecule has 0 saturated heterocycles. The van der Waals surface area contributed by atoms with E-state index in [0.717, 1.165) is 70.0 Å². The Morgan fingerprint density at radius 2 is 1.44 bits per heavy atom. The Morgan fingerprint density at radius 3 is 1.95 bits per heavy atom. The van der Waals surface area contributed by atoms with Crippen LogP contribution < -0.4 is 4.74 Å². The van der Waals surface area contributed by atoms with E-state index in [0.29, 0.717) is 12.8 Å². The standard InChI is InChI=1S/C34H61O7PS/c1-7-10-12-14-16-18-24-33(43,41-34(42-38,30(35)36)31(37)39-25-9-3)26-29(19-17-15-13-11-8-2)40-28-22-20-27(21-23-28)32(4,5)6/h20-23,29,31,37,43H,7-19,24-26,42H2,1-6H3,(H,35,36). The minimum Gasteiger partial charge on any atom is -0.490 e. The summed E-state index contributed by atoms with van der Waals surface area (Å²) >= 11 is 4.97. The number of hydrogen-bond donors (Lipinski definition) is 3. The number of carboxylic acids is 1. The van der Waals surface area contributed by atoms with Crippen LogP contribution >= 0.6 is 21.1 Å². The number of benzene rings is 1. The first-order chi connectivity index (χ1) is 20.4. The van der Waals surface area contributed by atoms with Gasteiger partial charge in [-0.3, -0.25) is 0 Å². The van der Waals surface area contributed by atoms with E-state index in [1.165, 1.54) is 18.4 Å². The summed E-state index contributed by atoms with van der Waals surface area (Å²) in [6.45, 7) is 12.8. The topological polar surface area (TPSA) is 102 Å². The van der Waals surface area contributed by atoms with Crippen molar-refractivity contribution in [3.05, 3.63) is 29.8 Å². The van der Waals surface area contributed by atoms with Crippen molar-refractivity contribution in [3.8, 4) is 5.75 Å². The Kier molecular flexibility index (Phi) is 19.4. The molecule has 0 bridgehead atoms. The molecule has 0 aromatic heterocycles. The lowest BCUT2D eigenvalue weighted by Gasteiger charge is -2.40. The van der Waals surface area contributed by atoms with Gasteiger partial charge < -0.3 is 29.0 Å². The summed E-state index contributed by atoms with van der Waals surface area (Å²) in [5.41, 5.74) is 1.22. The number of carbonyl (C=O) groups is 1. The molecule has 0 radical (unpaired) electrons. The minimum atomic E-state index is -2.40. The first kappa shape index (κ1) is 40.0. The van der Waals surface area contributed by atoms with E-state index in [1.807, 2.05) is 19.1 Å². The summed E-state index contributed by atoms with van der Waals surface area (Å²) in [6, 6.07) is 8.11. The van der Waals surface area contributed by atoms with Gasteiger partial charge in [-0.1, -0.05) is 111 Å². The zero-order valence-corrected chi connectivity index (χ0v) is 29.8. The first-order valence-electron chi connectivity index (χ1n) is 16.6. The molecule has 43 heavy (non-hydrogen) atoms. The van der Waals surface area contributed by atoms with Crippen LogP contribution in [0.2, 0.25) is 0 Å². The molecule has 2 N–H and O–H groups in total. The molecule has 1 rings (SSSR count). The molecular weight excluding hydrogens is 583 g/mol. The molecule has 1 aromatic carbocycles. The first-order valence-corrected chi connectivity index (χ1v) is 18.1. The number of thiol groups is 1. The molecule has 7 nitrogen and oxygen atoms in total. The van der Waals surface area contributed by atoms with E-state index in [-0.39, 0.29) is 24.5 Å². The number of aliphatic hydroxyl groups is 1. The van der Waals surface area contributed by atoms with E-state index >= 15 is 0 Å². The fourth-order valence-electron chi connectivity index (χ4n) is 5.14.